The van der Waals surface area contributed by atoms with E-state index in [1.54, 1.807) is 0 Å². The fraction of sp³-hybridized carbons (Fsp3) is 0.929. The zero-order chi connectivity index (χ0) is 14.5. The van der Waals surface area contributed by atoms with Crippen LogP contribution >= 0.6 is 0 Å². The molecule has 0 aromatic carbocycles. The Labute approximate surface area is 115 Å². The first-order valence-electron chi connectivity index (χ1n) is 7.16. The Hall–Kier alpha value is -0.810. The van der Waals surface area contributed by atoms with Crippen LogP contribution in [0.2, 0.25) is 0 Å². The van der Waals surface area contributed by atoms with E-state index >= 15 is 0 Å². The Balaban J connectivity index is 2.32. The van der Waals surface area contributed by atoms with Gasteiger partial charge in [0.25, 0.3) is 0 Å². The van der Waals surface area contributed by atoms with Gasteiger partial charge in [-0.1, -0.05) is 0 Å². The molecule has 1 aliphatic carbocycles. The SMILES string of the molecule is CC(C)(C)OC(=O)NC1CCC(C(CN)CO)CC1. The second-order valence-electron chi connectivity index (χ2n) is 6.44. The van der Waals surface area contributed by atoms with Crippen molar-refractivity contribution in [2.24, 2.45) is 17.6 Å². The quantitative estimate of drug-likeness (QED) is 0.726. The Morgan fingerprint density at radius 2 is 1.95 bits per heavy atom. The highest BCUT2D eigenvalue weighted by Crippen LogP contribution is 2.29. The van der Waals surface area contributed by atoms with Crippen LogP contribution < -0.4 is 11.1 Å². The summed E-state index contributed by atoms with van der Waals surface area (Å²) in [6.45, 7) is 6.26. The van der Waals surface area contributed by atoms with Crippen molar-refractivity contribution in [3.63, 3.8) is 0 Å². The van der Waals surface area contributed by atoms with Gasteiger partial charge >= 0.3 is 6.09 Å². The monoisotopic (exact) mass is 272 g/mol. The highest BCUT2D eigenvalue weighted by molar-refractivity contribution is 5.68. The van der Waals surface area contributed by atoms with Gasteiger partial charge in [-0.15, -0.1) is 0 Å². The Kier molecular flexibility index (Phi) is 6.07. The van der Waals surface area contributed by atoms with Crippen LogP contribution in [0.5, 0.6) is 0 Å². The number of alkyl carbamates (subject to hydrolysis) is 1. The molecule has 1 atom stereocenters. The van der Waals surface area contributed by atoms with Crippen molar-refractivity contribution in [1.82, 2.24) is 5.32 Å². The molecule has 5 heteroatoms. The molecule has 1 saturated carbocycles. The molecule has 0 saturated heterocycles. The normalized spacial score (nSPS) is 25.7. The molecule has 4 N–H and O–H groups in total. The maximum absolute atomic E-state index is 11.7. The smallest absolute Gasteiger partial charge is 0.407 e. The summed E-state index contributed by atoms with van der Waals surface area (Å²) in [7, 11) is 0. The van der Waals surface area contributed by atoms with Gasteiger partial charge in [0.2, 0.25) is 0 Å². The maximum atomic E-state index is 11.7. The van der Waals surface area contributed by atoms with E-state index in [2.05, 4.69) is 5.32 Å². The lowest BCUT2D eigenvalue weighted by molar-refractivity contribution is 0.0476. The van der Waals surface area contributed by atoms with Gasteiger partial charge in [0, 0.05) is 12.6 Å². The van der Waals surface area contributed by atoms with Crippen molar-refractivity contribution in [3.8, 4) is 0 Å². The zero-order valence-corrected chi connectivity index (χ0v) is 12.3. The van der Waals surface area contributed by atoms with E-state index in [0.717, 1.165) is 25.7 Å². The lowest BCUT2D eigenvalue weighted by Crippen LogP contribution is -2.42. The summed E-state index contributed by atoms with van der Waals surface area (Å²) in [6, 6.07) is 0.184. The molecule has 0 radical (unpaired) electrons. The number of rotatable bonds is 4. The molecule has 1 amide bonds. The van der Waals surface area contributed by atoms with E-state index in [9.17, 15) is 9.90 Å². The number of nitrogens with one attached hydrogen (secondary N) is 1. The van der Waals surface area contributed by atoms with Crippen molar-refractivity contribution < 1.29 is 14.6 Å². The summed E-state index contributed by atoms with van der Waals surface area (Å²) in [5, 5.41) is 12.2. The second kappa shape index (κ2) is 7.10. The van der Waals surface area contributed by atoms with Crippen LogP contribution in [0.1, 0.15) is 46.5 Å². The van der Waals surface area contributed by atoms with Crippen LogP contribution in [0.25, 0.3) is 0 Å². The number of aliphatic hydroxyl groups is 1. The lowest BCUT2D eigenvalue weighted by Gasteiger charge is -2.33. The molecule has 19 heavy (non-hydrogen) atoms. The molecular formula is C14H28N2O3. The largest absolute Gasteiger partial charge is 0.444 e. The molecule has 0 heterocycles. The molecule has 0 bridgehead atoms. The zero-order valence-electron chi connectivity index (χ0n) is 12.3. The molecule has 1 rings (SSSR count). The van der Waals surface area contributed by atoms with Gasteiger partial charge in [0.15, 0.2) is 0 Å². The average Bonchev–Trinajstić information content (AvgIpc) is 2.30. The van der Waals surface area contributed by atoms with E-state index in [-0.39, 0.29) is 24.7 Å². The Bertz CT molecular complexity index is 277. The molecule has 0 aromatic heterocycles. The van der Waals surface area contributed by atoms with Crippen LogP contribution in [-0.4, -0.2) is 36.0 Å². The molecule has 0 spiro atoms. The highest BCUT2D eigenvalue weighted by atomic mass is 16.6. The van der Waals surface area contributed by atoms with Crippen LogP contribution in [0, 0.1) is 11.8 Å². The van der Waals surface area contributed by atoms with E-state index in [4.69, 9.17) is 10.5 Å². The average molecular weight is 272 g/mol. The summed E-state index contributed by atoms with van der Waals surface area (Å²) < 4.78 is 5.25. The van der Waals surface area contributed by atoms with Gasteiger partial charge in [-0.2, -0.15) is 0 Å². The highest BCUT2D eigenvalue weighted by Gasteiger charge is 2.28. The van der Waals surface area contributed by atoms with Gasteiger partial charge in [-0.25, -0.2) is 4.79 Å². The van der Waals surface area contributed by atoms with Crippen molar-refractivity contribution in [3.05, 3.63) is 0 Å². The number of carbonyl (C=O) groups excluding carboxylic acids is 1. The van der Waals surface area contributed by atoms with Crippen LogP contribution in [-0.2, 0) is 4.74 Å². The minimum absolute atomic E-state index is 0.158. The summed E-state index contributed by atoms with van der Waals surface area (Å²) in [4.78, 5) is 11.7. The fourth-order valence-electron chi connectivity index (χ4n) is 2.63. The summed E-state index contributed by atoms with van der Waals surface area (Å²) in [6.07, 6.45) is 3.53. The van der Waals surface area contributed by atoms with Crippen LogP contribution in [0.3, 0.4) is 0 Å². The number of aliphatic hydroxyl groups excluding tert-OH is 1. The fourth-order valence-corrected chi connectivity index (χ4v) is 2.63. The van der Waals surface area contributed by atoms with Crippen LogP contribution in [0.4, 0.5) is 4.79 Å². The van der Waals surface area contributed by atoms with Gasteiger partial charge in [-0.05, 0) is 64.8 Å². The third-order valence-electron chi connectivity index (χ3n) is 3.70. The van der Waals surface area contributed by atoms with E-state index in [1.165, 1.54) is 0 Å². The molecular weight excluding hydrogens is 244 g/mol. The molecule has 1 aliphatic rings. The third kappa shape index (κ3) is 5.78. The maximum Gasteiger partial charge on any atom is 0.407 e. The summed E-state index contributed by atoms with van der Waals surface area (Å²) in [5.41, 5.74) is 5.19. The number of amides is 1. The molecule has 112 valence electrons. The Morgan fingerprint density at radius 3 is 2.37 bits per heavy atom. The number of hydrogen-bond acceptors (Lipinski definition) is 4. The number of ether oxygens (including phenoxy) is 1. The molecule has 1 fully saturated rings. The Morgan fingerprint density at radius 1 is 1.37 bits per heavy atom. The van der Waals surface area contributed by atoms with E-state index in [0.29, 0.717) is 12.5 Å². The van der Waals surface area contributed by atoms with Gasteiger partial charge < -0.3 is 20.9 Å². The lowest BCUT2D eigenvalue weighted by atomic mass is 9.78. The van der Waals surface area contributed by atoms with E-state index < -0.39 is 5.60 Å². The van der Waals surface area contributed by atoms with Crippen LogP contribution in [0.15, 0.2) is 0 Å². The summed E-state index contributed by atoms with van der Waals surface area (Å²) in [5.74, 6) is 0.675. The first kappa shape index (κ1) is 16.2. The number of carbonyl (C=O) groups is 1. The minimum atomic E-state index is -0.456. The summed E-state index contributed by atoms with van der Waals surface area (Å²) >= 11 is 0. The second-order valence-corrected chi connectivity index (χ2v) is 6.44. The first-order valence-corrected chi connectivity index (χ1v) is 7.16. The molecule has 5 nitrogen and oxygen atoms in total. The van der Waals surface area contributed by atoms with Crippen molar-refractivity contribution in [2.75, 3.05) is 13.2 Å². The topological polar surface area (TPSA) is 84.6 Å². The molecule has 0 aliphatic heterocycles. The van der Waals surface area contributed by atoms with E-state index in [1.807, 2.05) is 20.8 Å². The molecule has 1 unspecified atom stereocenters. The predicted molar refractivity (Wildman–Crippen MR) is 74.7 cm³/mol. The first-order chi connectivity index (χ1) is 8.85. The third-order valence-corrected chi connectivity index (χ3v) is 3.70. The minimum Gasteiger partial charge on any atom is -0.444 e. The van der Waals surface area contributed by atoms with Gasteiger partial charge in [0.1, 0.15) is 5.60 Å². The predicted octanol–water partition coefficient (Wildman–Crippen LogP) is 1.64. The number of nitrogens with two attached hydrogens (primary N) is 1. The van der Waals surface area contributed by atoms with Gasteiger partial charge in [-0.3, -0.25) is 0 Å². The van der Waals surface area contributed by atoms with Crippen molar-refractivity contribution >= 4 is 6.09 Å². The van der Waals surface area contributed by atoms with Gasteiger partial charge in [0.05, 0.1) is 0 Å². The number of hydrogen-bond donors (Lipinski definition) is 3. The van der Waals surface area contributed by atoms with Crippen molar-refractivity contribution in [2.45, 2.75) is 58.1 Å². The van der Waals surface area contributed by atoms with Crippen molar-refractivity contribution in [1.29, 1.82) is 0 Å². The standard InChI is InChI=1S/C14H28N2O3/c1-14(2,3)19-13(18)16-12-6-4-10(5-7-12)11(8-15)9-17/h10-12,17H,4-9,15H2,1-3H3,(H,16,18). The molecule has 0 aromatic rings.